The van der Waals surface area contributed by atoms with Crippen molar-refractivity contribution in [3.8, 4) is 5.75 Å². The van der Waals surface area contributed by atoms with E-state index in [2.05, 4.69) is 5.32 Å². The summed E-state index contributed by atoms with van der Waals surface area (Å²) < 4.78 is 5.24. The standard InChI is InChI=1S/C13H17NO4/c1-3-9(2)14-12(15)8-18-11-6-4-10(5-7-11)13(16)17/h4-7,9H,3,8H2,1-2H3,(H,14,15)(H,16,17)/t9-/m1/s1. The van der Waals surface area contributed by atoms with Gasteiger partial charge in [-0.25, -0.2) is 4.79 Å². The zero-order valence-electron chi connectivity index (χ0n) is 10.5. The van der Waals surface area contributed by atoms with Crippen molar-refractivity contribution in [1.29, 1.82) is 0 Å². The predicted molar refractivity (Wildman–Crippen MR) is 66.8 cm³/mol. The fraction of sp³-hybridized carbons (Fsp3) is 0.385. The Morgan fingerprint density at radius 2 is 1.94 bits per heavy atom. The van der Waals surface area contributed by atoms with E-state index in [1.54, 1.807) is 0 Å². The van der Waals surface area contributed by atoms with Crippen molar-refractivity contribution in [2.75, 3.05) is 6.61 Å². The maximum Gasteiger partial charge on any atom is 0.335 e. The van der Waals surface area contributed by atoms with E-state index < -0.39 is 5.97 Å². The van der Waals surface area contributed by atoms with Crippen LogP contribution in [0.2, 0.25) is 0 Å². The van der Waals surface area contributed by atoms with Crippen LogP contribution in [0.15, 0.2) is 24.3 Å². The largest absolute Gasteiger partial charge is 0.484 e. The molecule has 0 saturated carbocycles. The van der Waals surface area contributed by atoms with Crippen molar-refractivity contribution < 1.29 is 19.4 Å². The summed E-state index contributed by atoms with van der Waals surface area (Å²) in [6.07, 6.45) is 0.860. The van der Waals surface area contributed by atoms with Crippen LogP contribution in [-0.4, -0.2) is 29.6 Å². The molecule has 0 heterocycles. The van der Waals surface area contributed by atoms with Gasteiger partial charge < -0.3 is 15.2 Å². The molecule has 0 saturated heterocycles. The van der Waals surface area contributed by atoms with E-state index in [9.17, 15) is 9.59 Å². The smallest absolute Gasteiger partial charge is 0.335 e. The zero-order valence-corrected chi connectivity index (χ0v) is 10.5. The van der Waals surface area contributed by atoms with E-state index in [0.717, 1.165) is 6.42 Å². The number of nitrogens with one attached hydrogen (secondary N) is 1. The Morgan fingerprint density at radius 3 is 2.44 bits per heavy atom. The number of carbonyl (C=O) groups is 2. The maximum absolute atomic E-state index is 11.4. The van der Waals surface area contributed by atoms with Crippen LogP contribution in [0.3, 0.4) is 0 Å². The summed E-state index contributed by atoms with van der Waals surface area (Å²) >= 11 is 0. The molecule has 1 aromatic rings. The van der Waals surface area contributed by atoms with Gasteiger partial charge in [-0.15, -0.1) is 0 Å². The van der Waals surface area contributed by atoms with Crippen LogP contribution in [0.5, 0.6) is 5.75 Å². The normalized spacial score (nSPS) is 11.7. The maximum atomic E-state index is 11.4. The highest BCUT2D eigenvalue weighted by atomic mass is 16.5. The summed E-state index contributed by atoms with van der Waals surface area (Å²) in [6.45, 7) is 3.83. The Balaban J connectivity index is 2.44. The Hall–Kier alpha value is -2.04. The van der Waals surface area contributed by atoms with Crippen LogP contribution in [0.1, 0.15) is 30.6 Å². The number of rotatable bonds is 6. The first-order valence-electron chi connectivity index (χ1n) is 5.78. The highest BCUT2D eigenvalue weighted by Crippen LogP contribution is 2.11. The number of hydrogen-bond donors (Lipinski definition) is 2. The molecule has 1 rings (SSSR count). The highest BCUT2D eigenvalue weighted by Gasteiger charge is 2.07. The van der Waals surface area contributed by atoms with Crippen LogP contribution >= 0.6 is 0 Å². The molecule has 1 aromatic carbocycles. The molecule has 1 amide bonds. The zero-order chi connectivity index (χ0) is 13.5. The second kappa shape index (κ2) is 6.64. The molecule has 98 valence electrons. The number of amides is 1. The topological polar surface area (TPSA) is 75.6 Å². The van der Waals surface area contributed by atoms with Gasteiger partial charge >= 0.3 is 5.97 Å². The van der Waals surface area contributed by atoms with Crippen molar-refractivity contribution in [3.05, 3.63) is 29.8 Å². The van der Waals surface area contributed by atoms with Crippen molar-refractivity contribution in [2.24, 2.45) is 0 Å². The predicted octanol–water partition coefficient (Wildman–Crippen LogP) is 1.68. The van der Waals surface area contributed by atoms with Crippen LogP contribution < -0.4 is 10.1 Å². The van der Waals surface area contributed by atoms with Gasteiger partial charge in [0.15, 0.2) is 6.61 Å². The van der Waals surface area contributed by atoms with Gasteiger partial charge in [0.1, 0.15) is 5.75 Å². The van der Waals surface area contributed by atoms with Gasteiger partial charge in [0, 0.05) is 6.04 Å². The Bertz CT molecular complexity index is 414. The summed E-state index contributed by atoms with van der Waals surface area (Å²) in [5.74, 6) is -0.706. The number of ether oxygens (including phenoxy) is 1. The fourth-order valence-corrected chi connectivity index (χ4v) is 1.26. The van der Waals surface area contributed by atoms with Crippen LogP contribution in [0.4, 0.5) is 0 Å². The minimum atomic E-state index is -0.990. The third-order valence-electron chi connectivity index (χ3n) is 2.49. The van der Waals surface area contributed by atoms with Gasteiger partial charge in [-0.05, 0) is 37.6 Å². The third-order valence-corrected chi connectivity index (χ3v) is 2.49. The highest BCUT2D eigenvalue weighted by molar-refractivity contribution is 5.87. The molecule has 5 heteroatoms. The molecule has 0 aliphatic rings. The molecule has 0 aliphatic carbocycles. The summed E-state index contributed by atoms with van der Waals surface area (Å²) in [5, 5.41) is 11.5. The van der Waals surface area contributed by atoms with Gasteiger partial charge in [-0.2, -0.15) is 0 Å². The molecule has 0 fully saturated rings. The molecular weight excluding hydrogens is 234 g/mol. The van der Waals surface area contributed by atoms with Gasteiger partial charge in [0.05, 0.1) is 5.56 Å². The third kappa shape index (κ3) is 4.45. The van der Waals surface area contributed by atoms with E-state index in [4.69, 9.17) is 9.84 Å². The molecule has 18 heavy (non-hydrogen) atoms. The molecule has 5 nitrogen and oxygen atoms in total. The lowest BCUT2D eigenvalue weighted by atomic mass is 10.2. The van der Waals surface area contributed by atoms with Gasteiger partial charge in [-0.3, -0.25) is 4.79 Å². The monoisotopic (exact) mass is 251 g/mol. The summed E-state index contributed by atoms with van der Waals surface area (Å²) in [4.78, 5) is 22.1. The van der Waals surface area contributed by atoms with Crippen molar-refractivity contribution in [1.82, 2.24) is 5.32 Å². The Kier molecular flexibility index (Phi) is 5.17. The van der Waals surface area contributed by atoms with E-state index in [1.165, 1.54) is 24.3 Å². The van der Waals surface area contributed by atoms with Crippen molar-refractivity contribution >= 4 is 11.9 Å². The first kappa shape index (κ1) is 14.0. The number of carboxylic acids is 1. The lowest BCUT2D eigenvalue weighted by Gasteiger charge is -2.12. The van der Waals surface area contributed by atoms with E-state index >= 15 is 0 Å². The summed E-state index contributed by atoms with van der Waals surface area (Å²) in [5.41, 5.74) is 0.186. The van der Waals surface area contributed by atoms with Crippen LogP contribution in [0.25, 0.3) is 0 Å². The van der Waals surface area contributed by atoms with Gasteiger partial charge in [0.2, 0.25) is 0 Å². The van der Waals surface area contributed by atoms with E-state index in [-0.39, 0.29) is 24.1 Å². The minimum Gasteiger partial charge on any atom is -0.484 e. The second-order valence-electron chi connectivity index (χ2n) is 4.00. The lowest BCUT2D eigenvalue weighted by Crippen LogP contribution is -2.35. The average Bonchev–Trinajstić information content (AvgIpc) is 2.36. The van der Waals surface area contributed by atoms with Gasteiger partial charge in [0.25, 0.3) is 5.91 Å². The number of benzene rings is 1. The molecule has 0 unspecified atom stereocenters. The number of hydrogen-bond acceptors (Lipinski definition) is 3. The van der Waals surface area contributed by atoms with Gasteiger partial charge in [-0.1, -0.05) is 6.92 Å². The van der Waals surface area contributed by atoms with E-state index in [1.807, 2.05) is 13.8 Å². The molecule has 0 bridgehead atoms. The van der Waals surface area contributed by atoms with Crippen LogP contribution in [0, 0.1) is 0 Å². The number of aromatic carboxylic acids is 1. The molecule has 0 spiro atoms. The first-order chi connectivity index (χ1) is 8.52. The summed E-state index contributed by atoms with van der Waals surface area (Å²) in [6, 6.07) is 6.05. The lowest BCUT2D eigenvalue weighted by molar-refractivity contribution is -0.123. The molecule has 0 radical (unpaired) electrons. The molecule has 1 atom stereocenters. The Morgan fingerprint density at radius 1 is 1.33 bits per heavy atom. The molecule has 2 N–H and O–H groups in total. The summed E-state index contributed by atoms with van der Waals surface area (Å²) in [7, 11) is 0. The van der Waals surface area contributed by atoms with Crippen molar-refractivity contribution in [2.45, 2.75) is 26.3 Å². The first-order valence-corrected chi connectivity index (χ1v) is 5.78. The van der Waals surface area contributed by atoms with E-state index in [0.29, 0.717) is 5.75 Å². The Labute approximate surface area is 106 Å². The van der Waals surface area contributed by atoms with Crippen molar-refractivity contribution in [3.63, 3.8) is 0 Å². The molecular formula is C13H17NO4. The SMILES string of the molecule is CC[C@@H](C)NC(=O)COc1ccc(C(=O)O)cc1. The number of carbonyl (C=O) groups excluding carboxylic acids is 1. The molecule has 0 aromatic heterocycles. The number of carboxylic acid groups (broad SMARTS) is 1. The van der Waals surface area contributed by atoms with Crippen LogP contribution in [-0.2, 0) is 4.79 Å². The quantitative estimate of drug-likeness (QED) is 0.806. The average molecular weight is 251 g/mol. The second-order valence-corrected chi connectivity index (χ2v) is 4.00. The fourth-order valence-electron chi connectivity index (χ4n) is 1.26. The molecule has 0 aliphatic heterocycles. The minimum absolute atomic E-state index is 0.0727.